The number of aliphatic hydroxyl groups excluding tert-OH is 1. The van der Waals surface area contributed by atoms with E-state index in [4.69, 9.17) is 0 Å². The van der Waals surface area contributed by atoms with Crippen molar-refractivity contribution in [3.8, 4) is 0 Å². The summed E-state index contributed by atoms with van der Waals surface area (Å²) in [6.45, 7) is 7.90. The lowest BCUT2D eigenvalue weighted by Gasteiger charge is -2.35. The summed E-state index contributed by atoms with van der Waals surface area (Å²) in [6, 6.07) is 3.73. The van der Waals surface area contributed by atoms with Crippen molar-refractivity contribution in [3.05, 3.63) is 58.4 Å². The molecule has 0 heterocycles. The average molecular weight is 296 g/mol. The van der Waals surface area contributed by atoms with E-state index in [0.717, 1.165) is 30.4 Å². The van der Waals surface area contributed by atoms with Crippen molar-refractivity contribution < 1.29 is 14.7 Å². The van der Waals surface area contributed by atoms with Crippen LogP contribution in [0.3, 0.4) is 0 Å². The number of allylic oxidation sites excluding steroid dienone is 3. The summed E-state index contributed by atoms with van der Waals surface area (Å²) in [6.07, 6.45) is 4.57. The molecular weight excluding hydrogens is 276 g/mol. The van der Waals surface area contributed by atoms with Crippen molar-refractivity contribution in [3.63, 3.8) is 0 Å². The maximum absolute atomic E-state index is 12.6. The number of ketones is 2. The number of carbonyl (C=O) groups is 2. The maximum atomic E-state index is 12.6. The third kappa shape index (κ3) is 1.96. The number of fused-ring (bicyclic) bond motifs is 3. The summed E-state index contributed by atoms with van der Waals surface area (Å²) in [5.41, 5.74) is 3.06. The van der Waals surface area contributed by atoms with Crippen LogP contribution in [-0.4, -0.2) is 16.7 Å². The quantitative estimate of drug-likeness (QED) is 0.837. The predicted molar refractivity (Wildman–Crippen MR) is 85.5 cm³/mol. The number of aliphatic hydroxyl groups is 1. The molecule has 0 spiro atoms. The molecule has 2 aliphatic carbocycles. The Morgan fingerprint density at radius 1 is 1.27 bits per heavy atom. The third-order valence-corrected chi connectivity index (χ3v) is 4.87. The van der Waals surface area contributed by atoms with Crippen LogP contribution in [0.1, 0.15) is 65.0 Å². The fraction of sp³-hybridized carbons (Fsp3) is 0.368. The molecular formula is C19H20O3. The van der Waals surface area contributed by atoms with Crippen molar-refractivity contribution in [1.29, 1.82) is 0 Å². The Labute approximate surface area is 130 Å². The average Bonchev–Trinajstić information content (AvgIpc) is 2.48. The van der Waals surface area contributed by atoms with Crippen molar-refractivity contribution in [1.82, 2.24) is 0 Å². The van der Waals surface area contributed by atoms with Crippen LogP contribution in [0, 0.1) is 0 Å². The summed E-state index contributed by atoms with van der Waals surface area (Å²) in [4.78, 5) is 25.2. The fourth-order valence-corrected chi connectivity index (χ4v) is 3.69. The standard InChI is InChI=1S/C19H20O3/c1-4-6-13-16(20)12-8-9-14-11(7-5-10-19(14,2)3)15(12)18(22)17(13)21/h4,8-9,21H,1,5-7,10H2,2-3H3. The first-order valence-corrected chi connectivity index (χ1v) is 7.67. The van der Waals surface area contributed by atoms with Gasteiger partial charge in [-0.2, -0.15) is 0 Å². The maximum Gasteiger partial charge on any atom is 0.228 e. The molecule has 114 valence electrons. The van der Waals surface area contributed by atoms with Crippen LogP contribution in [0.25, 0.3) is 0 Å². The zero-order valence-corrected chi connectivity index (χ0v) is 13.0. The molecule has 0 aromatic heterocycles. The zero-order valence-electron chi connectivity index (χ0n) is 13.0. The van der Waals surface area contributed by atoms with Gasteiger partial charge in [0.25, 0.3) is 0 Å². The number of Topliss-reactive ketones (excluding diaryl/α,β-unsaturated/α-hetero) is 2. The Morgan fingerprint density at radius 3 is 2.68 bits per heavy atom. The van der Waals surface area contributed by atoms with E-state index in [0.29, 0.717) is 11.1 Å². The van der Waals surface area contributed by atoms with Crippen molar-refractivity contribution in [2.75, 3.05) is 0 Å². The second kappa shape index (κ2) is 4.94. The molecule has 0 fully saturated rings. The summed E-state index contributed by atoms with van der Waals surface area (Å²) < 4.78 is 0. The van der Waals surface area contributed by atoms with Gasteiger partial charge in [-0.15, -0.1) is 6.58 Å². The van der Waals surface area contributed by atoms with Crippen LogP contribution in [0.15, 0.2) is 36.1 Å². The van der Waals surface area contributed by atoms with Gasteiger partial charge in [0, 0.05) is 16.7 Å². The molecule has 0 amide bonds. The second-order valence-corrected chi connectivity index (χ2v) is 6.73. The van der Waals surface area contributed by atoms with E-state index in [1.807, 2.05) is 6.07 Å². The summed E-state index contributed by atoms with van der Waals surface area (Å²) in [7, 11) is 0. The van der Waals surface area contributed by atoms with Gasteiger partial charge in [0.15, 0.2) is 11.5 Å². The van der Waals surface area contributed by atoms with Gasteiger partial charge in [-0.25, -0.2) is 0 Å². The minimum atomic E-state index is -0.416. The third-order valence-electron chi connectivity index (χ3n) is 4.87. The van der Waals surface area contributed by atoms with Crippen LogP contribution >= 0.6 is 0 Å². The molecule has 0 radical (unpaired) electrons. The van der Waals surface area contributed by atoms with E-state index in [2.05, 4.69) is 20.4 Å². The molecule has 1 aromatic carbocycles. The number of hydrogen-bond donors (Lipinski definition) is 1. The Morgan fingerprint density at radius 2 is 2.00 bits per heavy atom. The predicted octanol–water partition coefficient (Wildman–Crippen LogP) is 4.07. The number of carbonyl (C=O) groups excluding carboxylic acids is 2. The van der Waals surface area contributed by atoms with Gasteiger partial charge in [0.1, 0.15) is 0 Å². The Balaban J connectivity index is 2.25. The highest BCUT2D eigenvalue weighted by atomic mass is 16.3. The highest BCUT2D eigenvalue weighted by Gasteiger charge is 2.37. The molecule has 1 N–H and O–H groups in total. The van der Waals surface area contributed by atoms with Gasteiger partial charge in [-0.3, -0.25) is 9.59 Å². The number of hydrogen-bond acceptors (Lipinski definition) is 3. The van der Waals surface area contributed by atoms with Crippen LogP contribution < -0.4 is 0 Å². The lowest BCUT2D eigenvalue weighted by molar-refractivity contribution is 0.0926. The van der Waals surface area contributed by atoms with Crippen LogP contribution in [0.2, 0.25) is 0 Å². The second-order valence-electron chi connectivity index (χ2n) is 6.73. The molecule has 22 heavy (non-hydrogen) atoms. The molecule has 3 heteroatoms. The van der Waals surface area contributed by atoms with Gasteiger partial charge in [0.05, 0.1) is 0 Å². The molecule has 3 nitrogen and oxygen atoms in total. The molecule has 0 unspecified atom stereocenters. The van der Waals surface area contributed by atoms with E-state index in [1.165, 1.54) is 6.08 Å². The van der Waals surface area contributed by atoms with Crippen molar-refractivity contribution in [2.24, 2.45) is 0 Å². The minimum Gasteiger partial charge on any atom is -0.504 e. The lowest BCUT2D eigenvalue weighted by atomic mass is 9.69. The molecule has 0 atom stereocenters. The van der Waals surface area contributed by atoms with Gasteiger partial charge in [-0.05, 0) is 48.3 Å². The summed E-state index contributed by atoms with van der Waals surface area (Å²) in [5, 5.41) is 10.2. The molecule has 0 saturated heterocycles. The molecule has 2 aliphatic rings. The van der Waals surface area contributed by atoms with Crippen molar-refractivity contribution >= 4 is 11.6 Å². The van der Waals surface area contributed by atoms with E-state index in [9.17, 15) is 14.7 Å². The first-order valence-electron chi connectivity index (χ1n) is 7.67. The van der Waals surface area contributed by atoms with Crippen LogP contribution in [-0.2, 0) is 11.8 Å². The zero-order chi connectivity index (χ0) is 16.1. The van der Waals surface area contributed by atoms with E-state index >= 15 is 0 Å². The normalized spacial score (nSPS) is 19.7. The Bertz CT molecular complexity index is 735. The Hall–Kier alpha value is -2.16. The van der Waals surface area contributed by atoms with Gasteiger partial charge in [0.2, 0.25) is 5.78 Å². The molecule has 3 rings (SSSR count). The SMILES string of the molecule is C=CCC1=C(O)C(=O)c2c(ccc3c2CCCC3(C)C)C1=O. The monoisotopic (exact) mass is 296 g/mol. The topological polar surface area (TPSA) is 54.4 Å². The highest BCUT2D eigenvalue weighted by Crippen LogP contribution is 2.41. The van der Waals surface area contributed by atoms with E-state index < -0.39 is 11.5 Å². The van der Waals surface area contributed by atoms with Crippen LogP contribution in [0.5, 0.6) is 0 Å². The number of benzene rings is 1. The molecule has 1 aromatic rings. The lowest BCUT2D eigenvalue weighted by Crippen LogP contribution is -2.30. The fourth-order valence-electron chi connectivity index (χ4n) is 3.69. The summed E-state index contributed by atoms with van der Waals surface area (Å²) in [5.74, 6) is -1.08. The van der Waals surface area contributed by atoms with E-state index in [-0.39, 0.29) is 23.2 Å². The summed E-state index contributed by atoms with van der Waals surface area (Å²) >= 11 is 0. The largest absolute Gasteiger partial charge is 0.504 e. The van der Waals surface area contributed by atoms with Crippen LogP contribution in [0.4, 0.5) is 0 Å². The molecule has 0 aliphatic heterocycles. The highest BCUT2D eigenvalue weighted by molar-refractivity contribution is 6.26. The minimum absolute atomic E-state index is 0.00727. The smallest absolute Gasteiger partial charge is 0.228 e. The first-order chi connectivity index (χ1) is 10.4. The first kappa shape index (κ1) is 14.8. The van der Waals surface area contributed by atoms with E-state index in [1.54, 1.807) is 6.07 Å². The number of rotatable bonds is 2. The Kier molecular flexibility index (Phi) is 3.32. The van der Waals surface area contributed by atoms with Gasteiger partial charge < -0.3 is 5.11 Å². The molecule has 0 bridgehead atoms. The van der Waals surface area contributed by atoms with Gasteiger partial charge >= 0.3 is 0 Å². The molecule has 0 saturated carbocycles. The van der Waals surface area contributed by atoms with Gasteiger partial charge in [-0.1, -0.05) is 26.0 Å². The van der Waals surface area contributed by atoms with Crippen molar-refractivity contribution in [2.45, 2.75) is 44.9 Å².